The maximum Gasteiger partial charge on any atom is 0.246 e. The number of hydrogen-bond donors (Lipinski definition) is 1. The highest BCUT2D eigenvalue weighted by atomic mass is 16.5. The second kappa shape index (κ2) is 8.96. The van der Waals surface area contributed by atoms with Gasteiger partial charge in [0.2, 0.25) is 5.91 Å². The monoisotopic (exact) mass is 435 g/mol. The lowest BCUT2D eigenvalue weighted by atomic mass is 10.1. The summed E-state index contributed by atoms with van der Waals surface area (Å²) in [6.45, 7) is 3.97. The van der Waals surface area contributed by atoms with Gasteiger partial charge in [-0.25, -0.2) is 14.6 Å². The molecule has 0 unspecified atom stereocenters. The van der Waals surface area contributed by atoms with E-state index in [4.69, 9.17) is 15.6 Å². The number of nitrogens with two attached hydrogens (primary N) is 1. The van der Waals surface area contributed by atoms with Crippen molar-refractivity contribution in [2.75, 3.05) is 46.6 Å². The van der Waals surface area contributed by atoms with Gasteiger partial charge in [0.25, 0.3) is 0 Å². The zero-order chi connectivity index (χ0) is 22.8. The van der Waals surface area contributed by atoms with Crippen molar-refractivity contribution in [2.45, 2.75) is 19.4 Å². The van der Waals surface area contributed by atoms with Crippen LogP contribution in [0, 0.1) is 6.92 Å². The van der Waals surface area contributed by atoms with Gasteiger partial charge in [0.1, 0.15) is 23.6 Å². The average Bonchev–Trinajstić information content (AvgIpc) is 3.39. The van der Waals surface area contributed by atoms with Gasteiger partial charge in [-0.3, -0.25) is 4.79 Å². The van der Waals surface area contributed by atoms with Gasteiger partial charge in [0.05, 0.1) is 18.5 Å². The Kier molecular flexibility index (Phi) is 6.09. The predicted octanol–water partition coefficient (Wildman–Crippen LogP) is 2.28. The highest BCUT2D eigenvalue weighted by Gasteiger charge is 2.30. The summed E-state index contributed by atoms with van der Waals surface area (Å²) in [4.78, 5) is 25.1. The molecule has 1 saturated heterocycles. The van der Waals surface area contributed by atoms with Crippen molar-refractivity contribution in [3.05, 3.63) is 42.2 Å². The summed E-state index contributed by atoms with van der Waals surface area (Å²) in [5, 5.41) is 5.62. The summed E-state index contributed by atoms with van der Waals surface area (Å²) in [6, 6.07) is 5.96. The second-order valence-electron chi connectivity index (χ2n) is 8.33. The summed E-state index contributed by atoms with van der Waals surface area (Å²) in [5.41, 5.74) is 9.56. The fourth-order valence-corrected chi connectivity index (χ4v) is 4.03. The summed E-state index contributed by atoms with van der Waals surface area (Å²) in [7, 11) is 5.59. The Bertz CT molecular complexity index is 1170. The molecule has 168 valence electrons. The number of carbonyl (C=O) groups excluding carboxylic acids is 1. The Morgan fingerprint density at radius 2 is 2.16 bits per heavy atom. The smallest absolute Gasteiger partial charge is 0.246 e. The molecule has 1 aliphatic heterocycles. The Labute approximate surface area is 187 Å². The second-order valence-corrected chi connectivity index (χ2v) is 8.33. The molecule has 2 aromatic heterocycles. The van der Waals surface area contributed by atoms with Crippen LogP contribution < -0.4 is 10.5 Å². The Balaban J connectivity index is 1.67. The number of nitrogen functional groups attached to an aromatic ring is 1. The van der Waals surface area contributed by atoms with Crippen LogP contribution >= 0.6 is 0 Å². The van der Waals surface area contributed by atoms with Gasteiger partial charge in [-0.05, 0) is 39.1 Å². The highest BCUT2D eigenvalue weighted by molar-refractivity contribution is 5.98. The van der Waals surface area contributed by atoms with E-state index in [2.05, 4.69) is 9.97 Å². The number of likely N-dealkylation sites (tertiary alicyclic amines) is 1. The maximum atomic E-state index is 12.6. The number of benzene rings is 1. The third-order valence-corrected chi connectivity index (χ3v) is 5.75. The molecule has 1 aromatic carbocycles. The molecule has 1 amide bonds. The predicted molar refractivity (Wildman–Crippen MR) is 124 cm³/mol. The van der Waals surface area contributed by atoms with Crippen molar-refractivity contribution in [1.29, 1.82) is 0 Å². The van der Waals surface area contributed by atoms with E-state index in [9.17, 15) is 4.79 Å². The summed E-state index contributed by atoms with van der Waals surface area (Å²) < 4.78 is 7.39. The van der Waals surface area contributed by atoms with Crippen LogP contribution in [0.2, 0.25) is 0 Å². The quantitative estimate of drug-likeness (QED) is 0.593. The van der Waals surface area contributed by atoms with Crippen molar-refractivity contribution in [2.24, 2.45) is 0 Å². The number of methoxy groups -OCH3 is 1. The van der Waals surface area contributed by atoms with Crippen LogP contribution in [0.4, 0.5) is 5.82 Å². The van der Waals surface area contributed by atoms with Crippen LogP contribution in [-0.2, 0) is 4.79 Å². The molecule has 0 spiro atoms. The SMILES string of the molecule is COc1cc(-c2nn([C@@H]3CCN(C(=O)/C=C/CN(C)C)C3)c3ncnc(N)c23)ccc1C. The van der Waals surface area contributed by atoms with Crippen molar-refractivity contribution in [3.8, 4) is 17.0 Å². The number of aromatic nitrogens is 4. The molecule has 3 heterocycles. The van der Waals surface area contributed by atoms with Gasteiger partial charge < -0.3 is 20.3 Å². The molecule has 9 nitrogen and oxygen atoms in total. The number of amides is 1. The lowest BCUT2D eigenvalue weighted by Gasteiger charge is -2.15. The molecule has 9 heteroatoms. The number of aryl methyl sites for hydroxylation is 1. The fraction of sp³-hybridized carbons (Fsp3) is 0.391. The molecule has 0 radical (unpaired) electrons. The summed E-state index contributed by atoms with van der Waals surface area (Å²) in [5.74, 6) is 1.18. The van der Waals surface area contributed by atoms with E-state index in [0.29, 0.717) is 35.6 Å². The Morgan fingerprint density at radius 3 is 2.91 bits per heavy atom. The van der Waals surface area contributed by atoms with Crippen molar-refractivity contribution in [3.63, 3.8) is 0 Å². The first-order chi connectivity index (χ1) is 15.4. The first-order valence-electron chi connectivity index (χ1n) is 10.6. The Hall–Kier alpha value is -3.46. The molecule has 3 aromatic rings. The van der Waals surface area contributed by atoms with E-state index in [1.165, 1.54) is 6.33 Å². The minimum absolute atomic E-state index is 0.0130. The molecule has 0 bridgehead atoms. The van der Waals surface area contributed by atoms with Crippen LogP contribution in [0.25, 0.3) is 22.3 Å². The molecule has 1 fully saturated rings. The van der Waals surface area contributed by atoms with E-state index in [-0.39, 0.29) is 11.9 Å². The molecule has 32 heavy (non-hydrogen) atoms. The molecular weight excluding hydrogens is 406 g/mol. The normalized spacial score (nSPS) is 16.5. The summed E-state index contributed by atoms with van der Waals surface area (Å²) in [6.07, 6.45) is 5.78. The van der Waals surface area contributed by atoms with Gasteiger partial charge in [-0.15, -0.1) is 0 Å². The fourth-order valence-electron chi connectivity index (χ4n) is 4.03. The van der Waals surface area contributed by atoms with Crippen LogP contribution in [0.15, 0.2) is 36.7 Å². The zero-order valence-corrected chi connectivity index (χ0v) is 18.9. The Morgan fingerprint density at radius 1 is 1.34 bits per heavy atom. The molecule has 0 saturated carbocycles. The molecule has 1 aliphatic rings. The summed E-state index contributed by atoms with van der Waals surface area (Å²) >= 11 is 0. The van der Waals surface area contributed by atoms with Crippen LogP contribution in [0.5, 0.6) is 5.75 Å². The van der Waals surface area contributed by atoms with Crippen LogP contribution in [-0.4, -0.2) is 76.3 Å². The van der Waals surface area contributed by atoms with Gasteiger partial charge in [0.15, 0.2) is 5.65 Å². The largest absolute Gasteiger partial charge is 0.496 e. The molecule has 4 rings (SSSR count). The first-order valence-corrected chi connectivity index (χ1v) is 10.6. The molecular formula is C23H29N7O2. The van der Waals surface area contributed by atoms with Gasteiger partial charge in [-0.2, -0.15) is 5.10 Å². The lowest BCUT2D eigenvalue weighted by Crippen LogP contribution is -2.28. The van der Waals surface area contributed by atoms with Crippen molar-refractivity contribution >= 4 is 22.8 Å². The van der Waals surface area contributed by atoms with Crippen LogP contribution in [0.3, 0.4) is 0 Å². The number of likely N-dealkylation sites (N-methyl/N-ethyl adjacent to an activating group) is 1. The standard InChI is InChI=1S/C23H29N7O2/c1-15-7-8-16(12-18(15)32-4)21-20-22(24)25-14-26-23(20)30(27-21)17-9-11-29(13-17)19(31)6-5-10-28(2)3/h5-8,12,14,17H,9-11,13H2,1-4H3,(H2,24,25,26)/b6-5+/t17-/m1/s1. The number of ether oxygens (including phenoxy) is 1. The number of carbonyl (C=O) groups is 1. The number of hydrogen-bond acceptors (Lipinski definition) is 7. The van der Waals surface area contributed by atoms with Gasteiger partial charge in [0, 0.05) is 31.3 Å². The van der Waals surface area contributed by atoms with Gasteiger partial charge in [-0.1, -0.05) is 18.2 Å². The third-order valence-electron chi connectivity index (χ3n) is 5.75. The lowest BCUT2D eigenvalue weighted by molar-refractivity contribution is -0.125. The number of nitrogens with zero attached hydrogens (tertiary/aromatic N) is 6. The zero-order valence-electron chi connectivity index (χ0n) is 18.9. The van der Waals surface area contributed by atoms with E-state index in [0.717, 1.165) is 29.8 Å². The minimum Gasteiger partial charge on any atom is -0.496 e. The van der Waals surface area contributed by atoms with Gasteiger partial charge >= 0.3 is 0 Å². The maximum absolute atomic E-state index is 12.6. The first kappa shape index (κ1) is 21.8. The molecule has 1 atom stereocenters. The van der Waals surface area contributed by atoms with E-state index < -0.39 is 0 Å². The highest BCUT2D eigenvalue weighted by Crippen LogP contribution is 2.35. The van der Waals surface area contributed by atoms with E-state index in [1.807, 2.05) is 59.8 Å². The van der Waals surface area contributed by atoms with Crippen LogP contribution in [0.1, 0.15) is 18.0 Å². The average molecular weight is 436 g/mol. The van der Waals surface area contributed by atoms with E-state index in [1.54, 1.807) is 13.2 Å². The number of fused-ring (bicyclic) bond motifs is 1. The molecule has 0 aliphatic carbocycles. The van der Waals surface area contributed by atoms with E-state index >= 15 is 0 Å². The third kappa shape index (κ3) is 4.16. The number of anilines is 1. The minimum atomic E-state index is 0.0130. The number of rotatable bonds is 6. The molecule has 2 N–H and O–H groups in total. The topological polar surface area (TPSA) is 102 Å². The van der Waals surface area contributed by atoms with Crippen molar-refractivity contribution in [1.82, 2.24) is 29.5 Å². The van der Waals surface area contributed by atoms with Crippen molar-refractivity contribution < 1.29 is 9.53 Å².